The first-order chi connectivity index (χ1) is 11.2. The third kappa shape index (κ3) is 2.84. The first-order valence-electron chi connectivity index (χ1n) is 7.98. The Balaban J connectivity index is 2.02. The van der Waals surface area contributed by atoms with Crippen LogP contribution in [0.5, 0.6) is 0 Å². The van der Waals surface area contributed by atoms with Crippen LogP contribution in [0.4, 0.5) is 10.5 Å². The summed E-state index contributed by atoms with van der Waals surface area (Å²) in [6, 6.07) is 18.1. The van der Waals surface area contributed by atoms with Crippen molar-refractivity contribution in [3.63, 3.8) is 0 Å². The van der Waals surface area contributed by atoms with Crippen molar-refractivity contribution in [2.45, 2.75) is 25.8 Å². The SMILES string of the molecule is CCCCN1C(=O)C(c2ccccc2)N(c2ccccc2)C1=O. The number of hydrogen-bond donors (Lipinski definition) is 0. The Morgan fingerprint density at radius 3 is 2.13 bits per heavy atom. The van der Waals surface area contributed by atoms with Crippen LogP contribution in [0.3, 0.4) is 0 Å². The van der Waals surface area contributed by atoms with Gasteiger partial charge in [0.15, 0.2) is 0 Å². The first-order valence-corrected chi connectivity index (χ1v) is 7.98. The maximum absolute atomic E-state index is 12.9. The molecule has 1 unspecified atom stereocenters. The van der Waals surface area contributed by atoms with E-state index >= 15 is 0 Å². The number of imide groups is 1. The van der Waals surface area contributed by atoms with E-state index in [-0.39, 0.29) is 11.9 Å². The van der Waals surface area contributed by atoms with Crippen LogP contribution >= 0.6 is 0 Å². The number of hydrogen-bond acceptors (Lipinski definition) is 2. The van der Waals surface area contributed by atoms with E-state index in [1.54, 1.807) is 4.90 Å². The highest BCUT2D eigenvalue weighted by Crippen LogP contribution is 2.35. The summed E-state index contributed by atoms with van der Waals surface area (Å²) in [7, 11) is 0. The maximum atomic E-state index is 12.9. The summed E-state index contributed by atoms with van der Waals surface area (Å²) in [6.45, 7) is 2.52. The Labute approximate surface area is 136 Å². The van der Waals surface area contributed by atoms with Gasteiger partial charge in [-0.2, -0.15) is 0 Å². The van der Waals surface area contributed by atoms with Crippen LogP contribution in [0.2, 0.25) is 0 Å². The van der Waals surface area contributed by atoms with Crippen molar-refractivity contribution in [3.05, 3.63) is 66.2 Å². The van der Waals surface area contributed by atoms with Gasteiger partial charge < -0.3 is 0 Å². The van der Waals surface area contributed by atoms with Gasteiger partial charge >= 0.3 is 6.03 Å². The topological polar surface area (TPSA) is 40.6 Å². The number of carbonyl (C=O) groups is 2. The molecule has 1 aliphatic heterocycles. The monoisotopic (exact) mass is 308 g/mol. The highest BCUT2D eigenvalue weighted by molar-refractivity contribution is 6.14. The number of amides is 3. The minimum absolute atomic E-state index is 0.140. The van der Waals surface area contributed by atoms with E-state index < -0.39 is 6.04 Å². The highest BCUT2D eigenvalue weighted by atomic mass is 16.2. The zero-order valence-corrected chi connectivity index (χ0v) is 13.2. The summed E-state index contributed by atoms with van der Waals surface area (Å²) in [4.78, 5) is 28.7. The predicted molar refractivity (Wildman–Crippen MR) is 90.1 cm³/mol. The van der Waals surface area contributed by atoms with Crippen molar-refractivity contribution in [1.82, 2.24) is 4.90 Å². The van der Waals surface area contributed by atoms with Crippen molar-refractivity contribution in [3.8, 4) is 0 Å². The van der Waals surface area contributed by atoms with Crippen molar-refractivity contribution in [2.75, 3.05) is 11.4 Å². The molecule has 2 aromatic rings. The Hall–Kier alpha value is -2.62. The summed E-state index contributed by atoms with van der Waals surface area (Å²) < 4.78 is 0. The van der Waals surface area contributed by atoms with E-state index in [1.807, 2.05) is 60.7 Å². The molecule has 4 heteroatoms. The summed E-state index contributed by atoms with van der Waals surface area (Å²) >= 11 is 0. The molecule has 0 spiro atoms. The number of unbranched alkanes of at least 4 members (excludes halogenated alkanes) is 1. The number of urea groups is 1. The Bertz CT molecular complexity index is 628. The van der Waals surface area contributed by atoms with Gasteiger partial charge in [-0.05, 0) is 24.1 Å². The van der Waals surface area contributed by atoms with Crippen LogP contribution in [-0.2, 0) is 4.79 Å². The lowest BCUT2D eigenvalue weighted by Gasteiger charge is -2.22. The van der Waals surface area contributed by atoms with Crippen LogP contribution in [0.15, 0.2) is 60.7 Å². The first kappa shape index (κ1) is 15.3. The average Bonchev–Trinajstić information content (AvgIpc) is 2.85. The van der Waals surface area contributed by atoms with Crippen molar-refractivity contribution >= 4 is 17.6 Å². The fraction of sp³-hybridized carbons (Fsp3) is 0.263. The van der Waals surface area contributed by atoms with Crippen molar-refractivity contribution in [2.24, 2.45) is 0 Å². The molecule has 0 aromatic heterocycles. The molecule has 0 radical (unpaired) electrons. The molecule has 118 valence electrons. The zero-order valence-electron chi connectivity index (χ0n) is 13.2. The van der Waals surface area contributed by atoms with Gasteiger partial charge in [-0.15, -0.1) is 0 Å². The molecule has 1 atom stereocenters. The van der Waals surface area contributed by atoms with Gasteiger partial charge in [0.05, 0.1) is 0 Å². The van der Waals surface area contributed by atoms with E-state index in [4.69, 9.17) is 0 Å². The third-order valence-electron chi connectivity index (χ3n) is 4.08. The normalized spacial score (nSPS) is 17.9. The molecule has 4 nitrogen and oxygen atoms in total. The molecule has 1 heterocycles. The lowest BCUT2D eigenvalue weighted by Crippen LogP contribution is -2.33. The van der Waals surface area contributed by atoms with Gasteiger partial charge in [0.2, 0.25) is 0 Å². The fourth-order valence-corrected chi connectivity index (χ4v) is 2.89. The van der Waals surface area contributed by atoms with Crippen LogP contribution in [0.1, 0.15) is 31.4 Å². The van der Waals surface area contributed by atoms with Crippen LogP contribution in [0, 0.1) is 0 Å². The summed E-state index contributed by atoms with van der Waals surface area (Å²) in [5.74, 6) is -0.140. The summed E-state index contributed by atoms with van der Waals surface area (Å²) in [5.41, 5.74) is 1.59. The quantitative estimate of drug-likeness (QED) is 0.783. The largest absolute Gasteiger partial charge is 0.332 e. The number of nitrogens with zero attached hydrogens (tertiary/aromatic N) is 2. The lowest BCUT2D eigenvalue weighted by atomic mass is 10.1. The number of rotatable bonds is 5. The maximum Gasteiger partial charge on any atom is 0.332 e. The van der Waals surface area contributed by atoms with Crippen LogP contribution in [-0.4, -0.2) is 23.4 Å². The van der Waals surface area contributed by atoms with E-state index in [0.717, 1.165) is 24.1 Å². The summed E-state index contributed by atoms with van der Waals surface area (Å²) in [5, 5.41) is 0. The second-order valence-electron chi connectivity index (χ2n) is 5.64. The number of para-hydroxylation sites is 1. The van der Waals surface area contributed by atoms with Crippen molar-refractivity contribution in [1.29, 1.82) is 0 Å². The minimum Gasteiger partial charge on any atom is -0.277 e. The fourth-order valence-electron chi connectivity index (χ4n) is 2.89. The number of benzene rings is 2. The number of carbonyl (C=O) groups excluding carboxylic acids is 2. The molecule has 3 rings (SSSR count). The summed E-state index contributed by atoms with van der Waals surface area (Å²) in [6.07, 6.45) is 1.76. The van der Waals surface area contributed by atoms with E-state index in [1.165, 1.54) is 4.90 Å². The molecular weight excluding hydrogens is 288 g/mol. The molecule has 1 aliphatic rings. The molecule has 0 aliphatic carbocycles. The minimum atomic E-state index is -0.581. The Morgan fingerprint density at radius 2 is 1.52 bits per heavy atom. The van der Waals surface area contributed by atoms with Crippen LogP contribution < -0.4 is 4.90 Å². The van der Waals surface area contributed by atoms with Crippen molar-refractivity contribution < 1.29 is 9.59 Å². The van der Waals surface area contributed by atoms with Gasteiger partial charge in [0.25, 0.3) is 5.91 Å². The van der Waals surface area contributed by atoms with E-state index in [2.05, 4.69) is 6.92 Å². The van der Waals surface area contributed by atoms with Gasteiger partial charge in [0.1, 0.15) is 6.04 Å². The second kappa shape index (κ2) is 6.65. The lowest BCUT2D eigenvalue weighted by molar-refractivity contribution is -0.127. The van der Waals surface area contributed by atoms with E-state index in [9.17, 15) is 9.59 Å². The Morgan fingerprint density at radius 1 is 0.913 bits per heavy atom. The smallest absolute Gasteiger partial charge is 0.277 e. The zero-order chi connectivity index (χ0) is 16.2. The number of anilines is 1. The molecule has 0 saturated carbocycles. The Kier molecular flexibility index (Phi) is 4.42. The second-order valence-corrected chi connectivity index (χ2v) is 5.64. The van der Waals surface area contributed by atoms with E-state index in [0.29, 0.717) is 6.54 Å². The predicted octanol–water partition coefficient (Wildman–Crippen LogP) is 4.00. The van der Waals surface area contributed by atoms with Gasteiger partial charge in [-0.25, -0.2) is 4.79 Å². The van der Waals surface area contributed by atoms with Gasteiger partial charge in [-0.1, -0.05) is 61.9 Å². The standard InChI is InChI=1S/C19H20N2O2/c1-2-3-14-20-18(22)17(15-10-6-4-7-11-15)21(19(20)23)16-12-8-5-9-13-16/h4-13,17H,2-3,14H2,1H3. The molecule has 3 amide bonds. The molecule has 1 saturated heterocycles. The highest BCUT2D eigenvalue weighted by Gasteiger charge is 2.46. The average molecular weight is 308 g/mol. The van der Waals surface area contributed by atoms with Gasteiger partial charge in [0, 0.05) is 12.2 Å². The van der Waals surface area contributed by atoms with Gasteiger partial charge in [-0.3, -0.25) is 14.6 Å². The molecule has 2 aromatic carbocycles. The third-order valence-corrected chi connectivity index (χ3v) is 4.08. The molecule has 0 N–H and O–H groups in total. The molecule has 23 heavy (non-hydrogen) atoms. The molecular formula is C19H20N2O2. The van der Waals surface area contributed by atoms with Crippen LogP contribution in [0.25, 0.3) is 0 Å². The molecule has 1 fully saturated rings. The molecule has 0 bridgehead atoms.